The monoisotopic (exact) mass is 642 g/mol. The molecule has 0 unspecified atom stereocenters. The van der Waals surface area contributed by atoms with Crippen LogP contribution in [-0.4, -0.2) is 30.0 Å². The Balaban J connectivity index is 1.54. The van der Waals surface area contributed by atoms with E-state index >= 15 is 0 Å². The number of rotatable bonds is 9. The molecule has 45 heavy (non-hydrogen) atoms. The predicted octanol–water partition coefficient (Wildman–Crippen LogP) is 6.42. The number of carbonyl (C=O) groups is 1. The third-order valence-electron chi connectivity index (χ3n) is 7.71. The maximum absolute atomic E-state index is 14.0. The summed E-state index contributed by atoms with van der Waals surface area (Å²) in [5, 5.41) is 0. The number of thiazole rings is 1. The van der Waals surface area contributed by atoms with E-state index in [-0.39, 0.29) is 11.7 Å². The first-order chi connectivity index (χ1) is 21.5. The second kappa shape index (κ2) is 13.5. The van der Waals surface area contributed by atoms with Crippen LogP contribution in [0.5, 0.6) is 11.5 Å². The lowest BCUT2D eigenvalue weighted by Gasteiger charge is -2.25. The molecule has 0 bridgehead atoms. The van der Waals surface area contributed by atoms with E-state index in [0.29, 0.717) is 38.7 Å². The number of esters is 1. The van der Waals surface area contributed by atoms with Gasteiger partial charge in [-0.25, -0.2) is 9.79 Å². The molecule has 0 saturated carbocycles. The standard InChI is InChI=1S/C36H38N2O5S2/c1-20(2)43-35(40)32-24(6)37-36-38(33(32)26-10-12-27(44-8)13-11-26)34(39)31(45-36)18-25-9-14-29(30(17-25)41-7)42-19-28-22(4)15-21(3)16-23(28)5/h9-18,20,33H,19H2,1-8H3/b31-18-/t33-/m1/s1. The van der Waals surface area contributed by atoms with Gasteiger partial charge in [0.05, 0.1) is 35.1 Å². The van der Waals surface area contributed by atoms with E-state index in [0.717, 1.165) is 21.6 Å². The topological polar surface area (TPSA) is 79.1 Å². The zero-order valence-corrected chi connectivity index (χ0v) is 28.5. The minimum Gasteiger partial charge on any atom is -0.493 e. The summed E-state index contributed by atoms with van der Waals surface area (Å²) in [7, 11) is 1.60. The lowest BCUT2D eigenvalue weighted by Crippen LogP contribution is -2.40. The molecule has 1 aromatic heterocycles. The molecule has 1 aliphatic rings. The molecule has 0 spiro atoms. The van der Waals surface area contributed by atoms with Crippen LogP contribution >= 0.6 is 23.1 Å². The van der Waals surface area contributed by atoms with Crippen molar-refractivity contribution in [2.24, 2.45) is 4.99 Å². The van der Waals surface area contributed by atoms with E-state index in [1.54, 1.807) is 44.2 Å². The Morgan fingerprint density at radius 1 is 1.02 bits per heavy atom. The van der Waals surface area contributed by atoms with Crippen LogP contribution in [0, 0.1) is 20.8 Å². The maximum atomic E-state index is 14.0. The van der Waals surface area contributed by atoms with Crippen LogP contribution in [-0.2, 0) is 16.1 Å². The van der Waals surface area contributed by atoms with Gasteiger partial charge in [-0.15, -0.1) is 11.8 Å². The number of fused-ring (bicyclic) bond motifs is 1. The molecule has 0 aliphatic carbocycles. The number of ether oxygens (including phenoxy) is 3. The van der Waals surface area contributed by atoms with Gasteiger partial charge in [0.15, 0.2) is 16.3 Å². The Bertz CT molecular complexity index is 1950. The van der Waals surface area contributed by atoms with Crippen molar-refractivity contribution in [3.63, 3.8) is 0 Å². The number of aromatic nitrogens is 1. The number of benzene rings is 3. The Morgan fingerprint density at radius 3 is 2.33 bits per heavy atom. The average Bonchev–Trinajstić information content (AvgIpc) is 3.29. The quantitative estimate of drug-likeness (QED) is 0.155. The zero-order chi connectivity index (χ0) is 32.4. The Hall–Kier alpha value is -4.08. The molecule has 9 heteroatoms. The third-order valence-corrected chi connectivity index (χ3v) is 9.44. The molecule has 0 amide bonds. The minimum absolute atomic E-state index is 0.232. The molecule has 4 aromatic rings. The first kappa shape index (κ1) is 32.3. The molecule has 3 aromatic carbocycles. The number of thioether (sulfide) groups is 1. The number of hydrogen-bond acceptors (Lipinski definition) is 8. The molecular weight excluding hydrogens is 605 g/mol. The lowest BCUT2D eigenvalue weighted by atomic mass is 9.96. The minimum atomic E-state index is -0.662. The molecule has 0 fully saturated rings. The highest BCUT2D eigenvalue weighted by molar-refractivity contribution is 7.98. The average molecular weight is 643 g/mol. The van der Waals surface area contributed by atoms with Crippen molar-refractivity contribution in [2.75, 3.05) is 13.4 Å². The smallest absolute Gasteiger partial charge is 0.338 e. The lowest BCUT2D eigenvalue weighted by molar-refractivity contribution is -0.143. The number of carbonyl (C=O) groups excluding carboxylic acids is 1. The van der Waals surface area contributed by atoms with Crippen molar-refractivity contribution in [3.05, 3.63) is 119 Å². The van der Waals surface area contributed by atoms with Crippen molar-refractivity contribution in [1.82, 2.24) is 4.57 Å². The van der Waals surface area contributed by atoms with E-state index in [1.165, 1.54) is 28.0 Å². The molecule has 0 radical (unpaired) electrons. The van der Waals surface area contributed by atoms with E-state index in [2.05, 4.69) is 32.9 Å². The summed E-state index contributed by atoms with van der Waals surface area (Å²) >= 11 is 2.92. The van der Waals surface area contributed by atoms with Crippen molar-refractivity contribution in [3.8, 4) is 11.5 Å². The normalized spacial score (nSPS) is 14.8. The number of aryl methyl sites for hydroxylation is 3. The summed E-state index contributed by atoms with van der Waals surface area (Å²) in [5.41, 5.74) is 7.01. The summed E-state index contributed by atoms with van der Waals surface area (Å²) in [6, 6.07) is 17.2. The van der Waals surface area contributed by atoms with E-state index in [9.17, 15) is 9.59 Å². The molecular formula is C36H38N2O5S2. The molecule has 234 valence electrons. The fraction of sp³-hybridized carbons (Fsp3) is 0.306. The molecule has 0 N–H and O–H groups in total. The number of hydrogen-bond donors (Lipinski definition) is 0. The van der Waals surface area contributed by atoms with Gasteiger partial charge in [0.2, 0.25) is 0 Å². The summed E-state index contributed by atoms with van der Waals surface area (Å²) in [4.78, 5) is 33.7. The Morgan fingerprint density at radius 2 is 1.71 bits per heavy atom. The highest BCUT2D eigenvalue weighted by Gasteiger charge is 2.33. The fourth-order valence-corrected chi connectivity index (χ4v) is 7.05. The van der Waals surface area contributed by atoms with Gasteiger partial charge in [0, 0.05) is 4.90 Å². The highest BCUT2D eigenvalue weighted by atomic mass is 32.2. The molecule has 7 nitrogen and oxygen atoms in total. The molecule has 1 aliphatic heterocycles. The second-order valence-electron chi connectivity index (χ2n) is 11.4. The maximum Gasteiger partial charge on any atom is 0.338 e. The molecule has 0 saturated heterocycles. The van der Waals surface area contributed by atoms with Gasteiger partial charge in [-0.2, -0.15) is 0 Å². The Kier molecular flexibility index (Phi) is 9.70. The first-order valence-corrected chi connectivity index (χ1v) is 16.8. The number of allylic oxidation sites excluding steroid dienone is 1. The third kappa shape index (κ3) is 6.79. The van der Waals surface area contributed by atoms with Gasteiger partial charge in [-0.3, -0.25) is 9.36 Å². The molecule has 2 heterocycles. The van der Waals surface area contributed by atoms with Crippen LogP contribution in [0.1, 0.15) is 60.2 Å². The van der Waals surface area contributed by atoms with Gasteiger partial charge in [0.25, 0.3) is 5.56 Å². The Labute approximate surface area is 271 Å². The van der Waals surface area contributed by atoms with Gasteiger partial charge < -0.3 is 14.2 Å². The van der Waals surface area contributed by atoms with Crippen molar-refractivity contribution < 1.29 is 19.0 Å². The van der Waals surface area contributed by atoms with Crippen LogP contribution in [0.3, 0.4) is 0 Å². The summed E-state index contributed by atoms with van der Waals surface area (Å²) in [6.07, 6.45) is 3.52. The molecule has 1 atom stereocenters. The summed E-state index contributed by atoms with van der Waals surface area (Å²) in [6.45, 7) is 12.1. The van der Waals surface area contributed by atoms with Gasteiger partial charge in [-0.1, -0.05) is 47.2 Å². The summed E-state index contributed by atoms with van der Waals surface area (Å²) in [5.74, 6) is 0.712. The van der Waals surface area contributed by atoms with E-state index in [4.69, 9.17) is 19.2 Å². The van der Waals surface area contributed by atoms with Crippen LogP contribution < -0.4 is 24.4 Å². The zero-order valence-electron chi connectivity index (χ0n) is 26.9. The predicted molar refractivity (Wildman–Crippen MR) is 181 cm³/mol. The van der Waals surface area contributed by atoms with Gasteiger partial charge in [0.1, 0.15) is 6.61 Å². The van der Waals surface area contributed by atoms with E-state index in [1.807, 2.05) is 54.8 Å². The van der Waals surface area contributed by atoms with Crippen molar-refractivity contribution in [1.29, 1.82) is 0 Å². The summed E-state index contributed by atoms with van der Waals surface area (Å²) < 4.78 is 19.6. The van der Waals surface area contributed by atoms with Crippen LogP contribution in [0.2, 0.25) is 0 Å². The largest absolute Gasteiger partial charge is 0.493 e. The second-order valence-corrected chi connectivity index (χ2v) is 13.3. The highest BCUT2D eigenvalue weighted by Crippen LogP contribution is 2.33. The van der Waals surface area contributed by atoms with Crippen molar-refractivity contribution >= 4 is 35.1 Å². The van der Waals surface area contributed by atoms with Crippen LogP contribution in [0.15, 0.2) is 80.5 Å². The van der Waals surface area contributed by atoms with Crippen LogP contribution in [0.4, 0.5) is 0 Å². The van der Waals surface area contributed by atoms with Crippen molar-refractivity contribution in [2.45, 2.75) is 65.2 Å². The van der Waals surface area contributed by atoms with E-state index < -0.39 is 12.0 Å². The fourth-order valence-electron chi connectivity index (χ4n) is 5.59. The van der Waals surface area contributed by atoms with Crippen LogP contribution in [0.25, 0.3) is 6.08 Å². The van der Waals surface area contributed by atoms with Gasteiger partial charge in [-0.05, 0) is 106 Å². The SMILES string of the molecule is COc1cc(/C=c2\sc3n(c2=O)[C@H](c2ccc(SC)cc2)C(C(=O)OC(C)C)=C(C)N=3)ccc1OCc1c(C)cc(C)cc1C. The molecule has 5 rings (SSSR count). The number of methoxy groups -OCH3 is 1. The number of nitrogens with zero attached hydrogens (tertiary/aromatic N) is 2. The first-order valence-electron chi connectivity index (χ1n) is 14.8. The van der Waals surface area contributed by atoms with Gasteiger partial charge >= 0.3 is 5.97 Å².